The van der Waals surface area contributed by atoms with Crippen LogP contribution >= 0.6 is 21.8 Å². The van der Waals surface area contributed by atoms with Gasteiger partial charge in [-0.2, -0.15) is 5.10 Å². The monoisotopic (exact) mass is 516 g/mol. The third-order valence-electron chi connectivity index (χ3n) is 5.35. The number of fused-ring (bicyclic) bond motifs is 1. The van der Waals surface area contributed by atoms with Crippen LogP contribution in [0.25, 0.3) is 11.0 Å². The molecule has 14 heteroatoms. The summed E-state index contributed by atoms with van der Waals surface area (Å²) in [5.41, 5.74) is 0.452. The molecule has 3 heterocycles. The molecule has 3 aromatic rings. The van der Waals surface area contributed by atoms with Crippen LogP contribution in [-0.4, -0.2) is 32.6 Å². The minimum atomic E-state index is -10.00. The Labute approximate surface area is 189 Å². The second-order valence-corrected chi connectivity index (χ2v) is 10.6. The second-order valence-electron chi connectivity index (χ2n) is 7.81. The molecule has 0 aliphatic carbocycles. The fraction of sp³-hybridized carbons (Fsp3) is 0.368. The fourth-order valence-corrected chi connectivity index (χ4v) is 4.57. The molecule has 1 aliphatic heterocycles. The number of pyridine rings is 1. The van der Waals surface area contributed by atoms with E-state index in [1.165, 1.54) is 23.9 Å². The van der Waals surface area contributed by atoms with Gasteiger partial charge in [-0.3, -0.25) is 0 Å². The van der Waals surface area contributed by atoms with Crippen LogP contribution in [0.5, 0.6) is 0 Å². The lowest BCUT2D eigenvalue weighted by atomic mass is 10.1. The van der Waals surface area contributed by atoms with Crippen molar-refractivity contribution in [3.63, 3.8) is 0 Å². The molecule has 0 amide bonds. The zero-order chi connectivity index (χ0) is 24.2. The highest BCUT2D eigenvalue weighted by Gasteiger charge is 2.65. The van der Waals surface area contributed by atoms with Crippen molar-refractivity contribution >= 4 is 38.5 Å². The average molecular weight is 517 g/mol. The summed E-state index contributed by atoms with van der Waals surface area (Å²) in [6, 6.07) is 1.16. The number of nitrogens with one attached hydrogen (secondary N) is 1. The smallest absolute Gasteiger partial charge is 0.310 e. The van der Waals surface area contributed by atoms with Crippen LogP contribution in [-0.2, 0) is 4.74 Å². The number of aromatic nitrogens is 3. The molecule has 3 atom stereocenters. The molecule has 1 saturated heterocycles. The van der Waals surface area contributed by atoms with Gasteiger partial charge in [-0.15, -0.1) is 0 Å². The van der Waals surface area contributed by atoms with Crippen LogP contribution in [0.2, 0.25) is 5.15 Å². The summed E-state index contributed by atoms with van der Waals surface area (Å²) in [7, 11) is -10.00. The summed E-state index contributed by atoms with van der Waals surface area (Å²) in [4.78, 5) is 1.95. The first-order valence-corrected chi connectivity index (χ1v) is 12.1. The molecule has 33 heavy (non-hydrogen) atoms. The van der Waals surface area contributed by atoms with Gasteiger partial charge in [0.2, 0.25) is 0 Å². The number of halogens is 7. The van der Waals surface area contributed by atoms with Crippen molar-refractivity contribution in [2.24, 2.45) is 0 Å². The Kier molecular flexibility index (Phi) is 5.36. The van der Waals surface area contributed by atoms with Crippen molar-refractivity contribution in [1.82, 2.24) is 14.8 Å². The lowest BCUT2D eigenvalue weighted by molar-refractivity contribution is -0.0262. The molecule has 0 bridgehead atoms. The summed E-state index contributed by atoms with van der Waals surface area (Å²) in [5.74, 6) is -1.43. The summed E-state index contributed by atoms with van der Waals surface area (Å²) < 4.78 is 86.4. The number of anilines is 1. The standard InChI is InChI=1S/C19H19ClF6N4O2S/c1-10(13-4-3-12(6-15(13)21)33(22,23,24,25)26)28-16-7-17(20)29-19-14(16)8-27-30(19)18-5-2-11(9-31)32-18/h3-4,6-8,10-11,18,31H,2,5,9H2,1H3,(H,28,29). The van der Waals surface area contributed by atoms with Gasteiger partial charge in [0.05, 0.1) is 36.0 Å². The van der Waals surface area contributed by atoms with Gasteiger partial charge in [0.1, 0.15) is 15.9 Å². The normalized spacial score (nSPS) is 22.2. The number of ether oxygens (including phenoxy) is 1. The van der Waals surface area contributed by atoms with Crippen LogP contribution in [0.4, 0.5) is 29.5 Å². The zero-order valence-corrected chi connectivity index (χ0v) is 18.6. The average Bonchev–Trinajstić information content (AvgIpc) is 3.32. The van der Waals surface area contributed by atoms with E-state index in [4.69, 9.17) is 16.3 Å². The quantitative estimate of drug-likeness (QED) is 0.281. The number of benzene rings is 1. The Morgan fingerprint density at radius 2 is 1.97 bits per heavy atom. The van der Waals surface area contributed by atoms with E-state index < -0.39 is 33.2 Å². The van der Waals surface area contributed by atoms with E-state index in [1.807, 2.05) is 0 Å². The van der Waals surface area contributed by atoms with Gasteiger partial charge in [-0.05, 0) is 38.0 Å². The third kappa shape index (κ3) is 4.86. The van der Waals surface area contributed by atoms with Crippen molar-refractivity contribution in [1.29, 1.82) is 0 Å². The molecule has 1 aliphatic rings. The Morgan fingerprint density at radius 3 is 2.58 bits per heavy atom. The first-order chi connectivity index (χ1) is 15.2. The SMILES string of the molecule is CC(Nc1cc(Cl)nc2c1cnn2C1CCC(CO)O1)c1ccc(S(F)(F)(F)(F)F)cc1F. The summed E-state index contributed by atoms with van der Waals surface area (Å²) >= 11 is 6.13. The van der Waals surface area contributed by atoms with Crippen LogP contribution in [0.1, 0.15) is 37.6 Å². The van der Waals surface area contributed by atoms with Gasteiger partial charge >= 0.3 is 10.2 Å². The van der Waals surface area contributed by atoms with Gasteiger partial charge in [0.15, 0.2) is 11.9 Å². The number of rotatable bonds is 6. The van der Waals surface area contributed by atoms with Crippen LogP contribution in [0.15, 0.2) is 35.4 Å². The summed E-state index contributed by atoms with van der Waals surface area (Å²) in [6.45, 7) is 1.31. The lowest BCUT2D eigenvalue weighted by Crippen LogP contribution is -2.15. The fourth-order valence-electron chi connectivity index (χ4n) is 3.73. The van der Waals surface area contributed by atoms with E-state index in [1.54, 1.807) is 0 Å². The first kappa shape index (κ1) is 23.9. The highest BCUT2D eigenvalue weighted by atomic mass is 35.5. The minimum Gasteiger partial charge on any atom is -0.394 e. The maximum Gasteiger partial charge on any atom is 0.310 e. The molecular formula is C19H19ClF6N4O2S. The molecule has 6 nitrogen and oxygen atoms in total. The first-order valence-electron chi connectivity index (χ1n) is 9.76. The molecule has 0 spiro atoms. The number of hydrogen-bond donors (Lipinski definition) is 2. The Bertz CT molecular complexity index is 1220. The van der Waals surface area contributed by atoms with E-state index >= 15 is 0 Å². The van der Waals surface area contributed by atoms with E-state index in [0.29, 0.717) is 35.6 Å². The van der Waals surface area contributed by atoms with E-state index in [-0.39, 0.29) is 35.6 Å². The Balaban J connectivity index is 1.65. The van der Waals surface area contributed by atoms with Crippen molar-refractivity contribution in [2.45, 2.75) is 43.0 Å². The predicted octanol–water partition coefficient (Wildman–Crippen LogP) is 6.72. The van der Waals surface area contributed by atoms with E-state index in [2.05, 4.69) is 15.4 Å². The van der Waals surface area contributed by atoms with Gasteiger partial charge < -0.3 is 15.2 Å². The summed E-state index contributed by atoms with van der Waals surface area (Å²) in [5, 5.41) is 17.0. The maximum absolute atomic E-state index is 14.4. The van der Waals surface area contributed by atoms with Crippen LogP contribution in [0, 0.1) is 5.82 Å². The van der Waals surface area contributed by atoms with Crippen molar-refractivity contribution in [2.75, 3.05) is 11.9 Å². The molecule has 1 aromatic carbocycles. The zero-order valence-electron chi connectivity index (χ0n) is 17.0. The largest absolute Gasteiger partial charge is 0.394 e. The van der Waals surface area contributed by atoms with Crippen LogP contribution < -0.4 is 5.32 Å². The Hall–Kier alpha value is -2.22. The lowest BCUT2D eigenvalue weighted by Gasteiger charge is -2.40. The van der Waals surface area contributed by atoms with E-state index in [9.17, 15) is 28.9 Å². The molecule has 1 fully saturated rings. The second kappa shape index (κ2) is 7.39. The highest BCUT2D eigenvalue weighted by molar-refractivity contribution is 8.45. The number of nitrogens with zero attached hydrogens (tertiary/aromatic N) is 3. The Morgan fingerprint density at radius 1 is 1.24 bits per heavy atom. The molecule has 0 saturated carbocycles. The molecule has 182 valence electrons. The highest BCUT2D eigenvalue weighted by Crippen LogP contribution is 3.02. The molecular weight excluding hydrogens is 498 g/mol. The van der Waals surface area contributed by atoms with Crippen molar-refractivity contribution in [3.8, 4) is 0 Å². The number of aliphatic hydroxyl groups is 1. The molecule has 2 aromatic heterocycles. The van der Waals surface area contributed by atoms with Gasteiger partial charge in [-0.1, -0.05) is 37.1 Å². The van der Waals surface area contributed by atoms with Crippen molar-refractivity contribution in [3.05, 3.63) is 47.0 Å². The van der Waals surface area contributed by atoms with Gasteiger partial charge in [0.25, 0.3) is 0 Å². The number of hydrogen-bond acceptors (Lipinski definition) is 5. The molecule has 0 radical (unpaired) electrons. The molecule has 4 rings (SSSR count). The topological polar surface area (TPSA) is 72.2 Å². The van der Waals surface area contributed by atoms with Gasteiger partial charge in [-0.25, -0.2) is 14.1 Å². The maximum atomic E-state index is 14.4. The third-order valence-corrected chi connectivity index (χ3v) is 6.69. The predicted molar refractivity (Wildman–Crippen MR) is 113 cm³/mol. The molecule has 3 unspecified atom stereocenters. The molecule has 2 N–H and O–H groups in total. The van der Waals surface area contributed by atoms with Crippen LogP contribution in [0.3, 0.4) is 0 Å². The summed E-state index contributed by atoms with van der Waals surface area (Å²) in [6.07, 6.45) is 1.87. The number of aliphatic hydroxyl groups excluding tert-OH is 1. The minimum absolute atomic E-state index is 0.0624. The van der Waals surface area contributed by atoms with Crippen molar-refractivity contribution < 1.29 is 33.7 Å². The van der Waals surface area contributed by atoms with Gasteiger partial charge in [0, 0.05) is 5.56 Å². The van der Waals surface area contributed by atoms with E-state index in [0.717, 1.165) is 0 Å².